The Labute approximate surface area is 217 Å². The van der Waals surface area contributed by atoms with Crippen LogP contribution in [-0.2, 0) is 13.2 Å². The van der Waals surface area contributed by atoms with Gasteiger partial charge in [-0.15, -0.1) is 11.8 Å². The number of aromatic nitrogens is 2. The Morgan fingerprint density at radius 1 is 1.14 bits per heavy atom. The highest BCUT2D eigenvalue weighted by Crippen LogP contribution is 2.45. The highest BCUT2D eigenvalue weighted by Gasteiger charge is 2.26. The number of hydrogen-bond acceptors (Lipinski definition) is 6. The number of thioether (sulfide) groups is 1. The van der Waals surface area contributed by atoms with E-state index in [-0.39, 0.29) is 11.9 Å². The predicted molar refractivity (Wildman–Crippen MR) is 142 cm³/mol. The number of aliphatic imine (C=N–C) groups is 1. The molecule has 2 aromatic heterocycles. The predicted octanol–water partition coefficient (Wildman–Crippen LogP) is 5.97. The first-order valence-corrected chi connectivity index (χ1v) is 13.0. The van der Waals surface area contributed by atoms with Gasteiger partial charge in [-0.3, -0.25) is 9.98 Å². The largest absolute Gasteiger partial charge is 0.487 e. The van der Waals surface area contributed by atoms with Crippen LogP contribution in [0.5, 0.6) is 11.5 Å². The van der Waals surface area contributed by atoms with Crippen molar-refractivity contribution < 1.29 is 18.3 Å². The minimum absolute atomic E-state index is 0.0177. The van der Waals surface area contributed by atoms with Crippen molar-refractivity contribution in [2.75, 3.05) is 12.3 Å². The Kier molecular flexibility index (Phi) is 7.50. The Morgan fingerprint density at radius 3 is 2.86 bits per heavy atom. The van der Waals surface area contributed by atoms with E-state index in [1.54, 1.807) is 30.1 Å². The zero-order valence-electron chi connectivity index (χ0n) is 20.3. The lowest BCUT2D eigenvalue weighted by molar-refractivity contribution is 0.293. The maximum Gasteiger partial charge on any atom is 0.161 e. The van der Waals surface area contributed by atoms with E-state index >= 15 is 0 Å². The van der Waals surface area contributed by atoms with Gasteiger partial charge in [-0.2, -0.15) is 0 Å². The van der Waals surface area contributed by atoms with Crippen molar-refractivity contribution in [2.45, 2.75) is 31.8 Å². The van der Waals surface area contributed by atoms with Crippen molar-refractivity contribution in [3.63, 3.8) is 0 Å². The van der Waals surface area contributed by atoms with Gasteiger partial charge in [-0.1, -0.05) is 12.1 Å². The molecule has 2 N–H and O–H groups in total. The van der Waals surface area contributed by atoms with Gasteiger partial charge in [0.25, 0.3) is 0 Å². The molecule has 0 spiro atoms. The van der Waals surface area contributed by atoms with E-state index in [2.05, 4.69) is 21.0 Å². The third-order valence-corrected chi connectivity index (χ3v) is 7.30. The molecular weight excluding hydrogens is 494 g/mol. The summed E-state index contributed by atoms with van der Waals surface area (Å²) >= 11 is 1.76. The highest BCUT2D eigenvalue weighted by molar-refractivity contribution is 7.99. The van der Waals surface area contributed by atoms with Crippen molar-refractivity contribution in [3.05, 3.63) is 94.9 Å². The molecule has 1 atom stereocenters. The summed E-state index contributed by atoms with van der Waals surface area (Å²) in [5, 5.41) is 0.512. The van der Waals surface area contributed by atoms with Crippen LogP contribution in [0.25, 0.3) is 10.9 Å². The summed E-state index contributed by atoms with van der Waals surface area (Å²) in [6.45, 7) is 3.20. The van der Waals surface area contributed by atoms with Crippen LogP contribution < -0.4 is 15.2 Å². The molecule has 0 aliphatic carbocycles. The molecule has 4 aromatic rings. The Morgan fingerprint density at radius 2 is 2.00 bits per heavy atom. The molecule has 0 amide bonds. The van der Waals surface area contributed by atoms with Crippen LogP contribution in [0.1, 0.15) is 41.1 Å². The quantitative estimate of drug-likeness (QED) is 0.228. The molecule has 5 rings (SSSR count). The maximum atomic E-state index is 13.7. The molecule has 190 valence electrons. The average molecular weight is 521 g/mol. The molecule has 3 heterocycles. The van der Waals surface area contributed by atoms with E-state index < -0.39 is 11.6 Å². The van der Waals surface area contributed by atoms with Crippen molar-refractivity contribution in [2.24, 2.45) is 10.7 Å². The van der Waals surface area contributed by atoms with Crippen LogP contribution in [0.4, 0.5) is 8.78 Å². The molecule has 0 saturated heterocycles. The fraction of sp³-hybridized carbons (Fsp3) is 0.250. The Hall–Kier alpha value is -3.72. The number of benzene rings is 2. The van der Waals surface area contributed by atoms with Crippen molar-refractivity contribution in [3.8, 4) is 11.5 Å². The average Bonchev–Trinajstić information content (AvgIpc) is 3.05. The number of ether oxygens (including phenoxy) is 2. The highest BCUT2D eigenvalue weighted by atomic mass is 32.2. The van der Waals surface area contributed by atoms with E-state index in [4.69, 9.17) is 15.2 Å². The molecule has 6 nitrogen and oxygen atoms in total. The number of halogens is 2. The second-order valence-electron chi connectivity index (χ2n) is 8.54. The summed E-state index contributed by atoms with van der Waals surface area (Å²) in [5.74, 6) is 1.05. The lowest BCUT2D eigenvalue weighted by Crippen LogP contribution is -2.13. The summed E-state index contributed by atoms with van der Waals surface area (Å²) in [5.41, 5.74) is 10.00. The van der Waals surface area contributed by atoms with E-state index in [0.29, 0.717) is 47.8 Å². The van der Waals surface area contributed by atoms with Gasteiger partial charge in [0.1, 0.15) is 24.7 Å². The van der Waals surface area contributed by atoms with E-state index in [0.717, 1.165) is 40.5 Å². The summed E-state index contributed by atoms with van der Waals surface area (Å²) in [4.78, 5) is 13.3. The van der Waals surface area contributed by atoms with Crippen molar-refractivity contribution in [1.29, 1.82) is 0 Å². The van der Waals surface area contributed by atoms with Gasteiger partial charge >= 0.3 is 0 Å². The molecule has 0 bridgehead atoms. The van der Waals surface area contributed by atoms with Crippen LogP contribution in [0, 0.1) is 11.6 Å². The minimum atomic E-state index is -0.926. The standard InChI is InChI=1S/C28H26F2N4O2S/c1-2-32-27(31)9-11-37-28-20-4-3-10-33-25(20)16-36-26-8-7-19(13-21(26)28)35-15-18-6-5-17-12-22(29)23(30)14-24(17)34-18/h3-8,10,12-14,28H,2,9,11,15-16H2,1H3,(H2,31,32). The summed E-state index contributed by atoms with van der Waals surface area (Å²) < 4.78 is 39.3. The van der Waals surface area contributed by atoms with Gasteiger partial charge in [-0.25, -0.2) is 13.8 Å². The van der Waals surface area contributed by atoms with E-state index in [1.807, 2.05) is 31.2 Å². The van der Waals surface area contributed by atoms with Crippen LogP contribution in [-0.4, -0.2) is 28.1 Å². The summed E-state index contributed by atoms with van der Waals surface area (Å²) in [7, 11) is 0. The fourth-order valence-electron chi connectivity index (χ4n) is 4.22. The second kappa shape index (κ2) is 11.1. The third-order valence-electron chi connectivity index (χ3n) is 6.02. The lowest BCUT2D eigenvalue weighted by atomic mass is 10.0. The van der Waals surface area contributed by atoms with Gasteiger partial charge in [0.2, 0.25) is 0 Å². The van der Waals surface area contributed by atoms with Crippen LogP contribution in [0.3, 0.4) is 0 Å². The van der Waals surface area contributed by atoms with Gasteiger partial charge in [0.15, 0.2) is 11.6 Å². The van der Waals surface area contributed by atoms with E-state index in [1.165, 1.54) is 0 Å². The maximum absolute atomic E-state index is 13.7. The number of amidine groups is 1. The third kappa shape index (κ3) is 5.67. The first kappa shape index (κ1) is 25.0. The number of nitrogens with zero attached hydrogens (tertiary/aromatic N) is 3. The SMILES string of the molecule is CCN=C(N)CCSC1c2cc(OCc3ccc4cc(F)c(F)cc4n3)ccc2OCc2ncccc21. The smallest absolute Gasteiger partial charge is 0.161 e. The number of nitrogens with two attached hydrogens (primary N) is 1. The van der Waals surface area contributed by atoms with E-state index in [9.17, 15) is 8.78 Å². The molecule has 1 aliphatic heterocycles. The molecular formula is C28H26F2N4O2S. The Balaban J connectivity index is 1.39. The van der Waals surface area contributed by atoms with Crippen molar-refractivity contribution >= 4 is 28.5 Å². The number of hydrogen-bond donors (Lipinski definition) is 1. The van der Waals surface area contributed by atoms with Crippen LogP contribution in [0.15, 0.2) is 65.8 Å². The minimum Gasteiger partial charge on any atom is -0.487 e. The zero-order chi connectivity index (χ0) is 25.8. The number of rotatable bonds is 8. The summed E-state index contributed by atoms with van der Waals surface area (Å²) in [6.07, 6.45) is 2.46. The van der Waals surface area contributed by atoms with Gasteiger partial charge in [0, 0.05) is 41.9 Å². The molecule has 9 heteroatoms. The van der Waals surface area contributed by atoms with Crippen LogP contribution >= 0.6 is 11.8 Å². The van der Waals surface area contributed by atoms with Gasteiger partial charge in [0.05, 0.1) is 28.0 Å². The van der Waals surface area contributed by atoms with Gasteiger partial charge < -0.3 is 15.2 Å². The van der Waals surface area contributed by atoms with Crippen molar-refractivity contribution in [1.82, 2.24) is 9.97 Å². The monoisotopic (exact) mass is 520 g/mol. The number of fused-ring (bicyclic) bond motifs is 3. The molecule has 1 aliphatic rings. The Bertz CT molecular complexity index is 1460. The molecule has 2 aromatic carbocycles. The lowest BCUT2D eigenvalue weighted by Gasteiger charge is -2.19. The molecule has 0 fully saturated rings. The molecule has 37 heavy (non-hydrogen) atoms. The topological polar surface area (TPSA) is 82.6 Å². The summed E-state index contributed by atoms with van der Waals surface area (Å²) in [6, 6.07) is 15.4. The molecule has 0 saturated carbocycles. The normalized spacial score (nSPS) is 15.0. The fourth-order valence-corrected chi connectivity index (χ4v) is 5.54. The van der Waals surface area contributed by atoms with Crippen LogP contribution in [0.2, 0.25) is 0 Å². The number of pyridine rings is 2. The first-order chi connectivity index (χ1) is 18.0. The van der Waals surface area contributed by atoms with Gasteiger partial charge in [-0.05, 0) is 48.9 Å². The second-order valence-corrected chi connectivity index (χ2v) is 9.76. The first-order valence-electron chi connectivity index (χ1n) is 12.0. The molecule has 0 radical (unpaired) electrons. The zero-order valence-corrected chi connectivity index (χ0v) is 21.1. The molecule has 1 unspecified atom stereocenters.